The third-order valence-electron chi connectivity index (χ3n) is 9.21. The summed E-state index contributed by atoms with van der Waals surface area (Å²) in [7, 11) is 3.51. The minimum absolute atomic E-state index is 0.0474. The van der Waals surface area contributed by atoms with Crippen molar-refractivity contribution in [3.8, 4) is 17.3 Å². The van der Waals surface area contributed by atoms with Gasteiger partial charge in [0.25, 0.3) is 5.91 Å². The second-order valence-corrected chi connectivity index (χ2v) is 12.9. The van der Waals surface area contributed by atoms with Crippen molar-refractivity contribution < 1.29 is 18.7 Å². The van der Waals surface area contributed by atoms with E-state index in [0.717, 1.165) is 72.4 Å². The number of ether oxygens (including phenoxy) is 1. The van der Waals surface area contributed by atoms with Crippen LogP contribution in [0.25, 0.3) is 33.6 Å². The lowest BCUT2D eigenvalue weighted by Crippen LogP contribution is -2.41. The molecular formula is C33H42FN7O3. The molecule has 2 bridgehead atoms. The number of nitrogens with one attached hydrogen (secondary N) is 3. The van der Waals surface area contributed by atoms with Crippen LogP contribution in [-0.2, 0) is 18.4 Å². The number of pyridine rings is 1. The average Bonchev–Trinajstić information content (AvgIpc) is 3.68. The number of aryl methyl sites for hydroxylation is 2. The molecule has 1 fully saturated rings. The van der Waals surface area contributed by atoms with Gasteiger partial charge < -0.3 is 29.8 Å². The summed E-state index contributed by atoms with van der Waals surface area (Å²) < 4.78 is 24.1. The summed E-state index contributed by atoms with van der Waals surface area (Å²) in [4.78, 5) is 36.3. The zero-order valence-corrected chi connectivity index (χ0v) is 26.2. The van der Waals surface area contributed by atoms with Gasteiger partial charge >= 0.3 is 0 Å². The lowest BCUT2D eigenvalue weighted by molar-refractivity contribution is -0.130. The molecule has 10 nitrogen and oxygen atoms in total. The summed E-state index contributed by atoms with van der Waals surface area (Å²) in [5.41, 5.74) is 3.88. The van der Waals surface area contributed by atoms with E-state index in [2.05, 4.69) is 32.7 Å². The first-order valence-corrected chi connectivity index (χ1v) is 15.6. The molecule has 234 valence electrons. The molecule has 0 radical (unpaired) electrons. The molecule has 3 N–H and O–H groups in total. The summed E-state index contributed by atoms with van der Waals surface area (Å²) in [6.07, 6.45) is 3.76. The van der Waals surface area contributed by atoms with Gasteiger partial charge in [-0.1, -0.05) is 33.1 Å². The van der Waals surface area contributed by atoms with Crippen LogP contribution in [0.4, 0.5) is 4.39 Å². The third kappa shape index (κ3) is 5.53. The standard InChI is InChI=1S/C33H42FN7O3/c1-19-23-11-10-20-15-26(41(29(20)37-23)13-9-7-6-8-12-33(2,3)32(43)36-19)30-38-24-14-21(16-27(44-5)28(24)40(30)4)31(42)39-25-18-35-17-22(25)34/h10-11,14-16,19,22,25,35H,6-9,12-13,17-18H2,1-5H3,(H,36,43)(H,39,42)/t19-,22+,25+/m1/s1. The highest BCUT2D eigenvalue weighted by atomic mass is 19.1. The van der Waals surface area contributed by atoms with E-state index < -0.39 is 17.6 Å². The number of aromatic nitrogens is 4. The first kappa shape index (κ1) is 30.1. The smallest absolute Gasteiger partial charge is 0.251 e. The Hall–Kier alpha value is -3.99. The zero-order valence-electron chi connectivity index (χ0n) is 26.2. The highest BCUT2D eigenvalue weighted by Gasteiger charge is 2.30. The van der Waals surface area contributed by atoms with Crippen molar-refractivity contribution >= 4 is 33.9 Å². The van der Waals surface area contributed by atoms with Crippen LogP contribution in [0.1, 0.15) is 75.0 Å². The van der Waals surface area contributed by atoms with Crippen LogP contribution in [0.5, 0.6) is 5.75 Å². The number of carbonyl (C=O) groups is 2. The summed E-state index contributed by atoms with van der Waals surface area (Å²) in [6.45, 7) is 7.40. The van der Waals surface area contributed by atoms with Crippen LogP contribution < -0.4 is 20.7 Å². The van der Waals surface area contributed by atoms with Gasteiger partial charge in [-0.25, -0.2) is 14.4 Å². The number of halogens is 1. The summed E-state index contributed by atoms with van der Waals surface area (Å²) in [5.74, 6) is 0.923. The highest BCUT2D eigenvalue weighted by molar-refractivity contribution is 6.00. The Balaban J connectivity index is 1.42. The quantitative estimate of drug-likeness (QED) is 0.309. The van der Waals surface area contributed by atoms with Gasteiger partial charge in [-0.05, 0) is 50.1 Å². The van der Waals surface area contributed by atoms with Crippen LogP contribution in [0.2, 0.25) is 0 Å². The van der Waals surface area contributed by atoms with Crippen molar-refractivity contribution in [1.82, 2.24) is 35.1 Å². The van der Waals surface area contributed by atoms with Gasteiger partial charge in [0.1, 0.15) is 23.1 Å². The van der Waals surface area contributed by atoms with E-state index in [-0.39, 0.29) is 24.4 Å². The largest absolute Gasteiger partial charge is 0.494 e. The van der Waals surface area contributed by atoms with Gasteiger partial charge in [0.05, 0.1) is 36.1 Å². The normalized spacial score (nSPS) is 22.7. The fraction of sp³-hybridized carbons (Fsp3) is 0.515. The number of benzene rings is 1. The first-order valence-electron chi connectivity index (χ1n) is 15.6. The van der Waals surface area contributed by atoms with E-state index in [1.54, 1.807) is 19.2 Å². The molecule has 2 amide bonds. The Bertz CT molecular complexity index is 1730. The molecule has 6 rings (SSSR count). The van der Waals surface area contributed by atoms with Crippen molar-refractivity contribution in [2.75, 3.05) is 20.2 Å². The third-order valence-corrected chi connectivity index (χ3v) is 9.21. The molecular weight excluding hydrogens is 561 g/mol. The van der Waals surface area contributed by atoms with Crippen molar-refractivity contribution in [2.45, 2.75) is 77.7 Å². The molecule has 0 spiro atoms. The zero-order chi connectivity index (χ0) is 31.2. The highest BCUT2D eigenvalue weighted by Crippen LogP contribution is 2.35. The van der Waals surface area contributed by atoms with Crippen LogP contribution in [0, 0.1) is 5.41 Å². The van der Waals surface area contributed by atoms with E-state index in [1.165, 1.54) is 0 Å². The number of amides is 2. The van der Waals surface area contributed by atoms with Gasteiger partial charge in [0.15, 0.2) is 5.82 Å². The molecule has 4 aromatic rings. The molecule has 1 aromatic carbocycles. The Morgan fingerprint density at radius 1 is 1.11 bits per heavy atom. The maximum absolute atomic E-state index is 14.2. The number of fused-ring (bicyclic) bond motifs is 2. The van der Waals surface area contributed by atoms with Gasteiger partial charge in [0, 0.05) is 43.0 Å². The number of hydrogen-bond donors (Lipinski definition) is 3. The van der Waals surface area contributed by atoms with Crippen molar-refractivity contribution in [2.24, 2.45) is 12.5 Å². The van der Waals surface area contributed by atoms with E-state index >= 15 is 0 Å². The molecule has 0 saturated carbocycles. The number of methoxy groups -OCH3 is 1. The SMILES string of the molecule is COc1cc(C(=O)N[C@H]2CNC[C@@H]2F)cc2nc(-c3cc4ccc5nc4n3CCCCCCC(C)(C)C(=O)N[C@@H]5C)n(C)c12. The van der Waals surface area contributed by atoms with E-state index in [1.807, 2.05) is 38.5 Å². The Morgan fingerprint density at radius 2 is 1.91 bits per heavy atom. The number of hydrogen-bond acceptors (Lipinski definition) is 6. The number of carbonyl (C=O) groups excluding carboxylic acids is 2. The Morgan fingerprint density at radius 3 is 2.66 bits per heavy atom. The molecule has 0 aliphatic carbocycles. The molecule has 2 aliphatic rings. The predicted molar refractivity (Wildman–Crippen MR) is 168 cm³/mol. The minimum Gasteiger partial charge on any atom is -0.494 e. The van der Waals surface area contributed by atoms with Crippen LogP contribution >= 0.6 is 0 Å². The Labute approximate surface area is 256 Å². The molecule has 11 heteroatoms. The van der Waals surface area contributed by atoms with Crippen LogP contribution in [0.15, 0.2) is 30.3 Å². The summed E-state index contributed by atoms with van der Waals surface area (Å²) >= 11 is 0. The molecule has 3 aromatic heterocycles. The monoisotopic (exact) mass is 603 g/mol. The number of nitrogens with zero attached hydrogens (tertiary/aromatic N) is 4. The fourth-order valence-electron chi connectivity index (χ4n) is 6.43. The fourth-order valence-corrected chi connectivity index (χ4v) is 6.43. The molecule has 2 aliphatic heterocycles. The van der Waals surface area contributed by atoms with Crippen LogP contribution in [0.3, 0.4) is 0 Å². The van der Waals surface area contributed by atoms with E-state index in [0.29, 0.717) is 23.4 Å². The molecule has 5 heterocycles. The van der Waals surface area contributed by atoms with Gasteiger partial charge in [0.2, 0.25) is 5.91 Å². The molecule has 44 heavy (non-hydrogen) atoms. The topological polar surface area (TPSA) is 115 Å². The molecule has 3 atom stereocenters. The second kappa shape index (κ2) is 11.8. The predicted octanol–water partition coefficient (Wildman–Crippen LogP) is 4.81. The lowest BCUT2D eigenvalue weighted by Gasteiger charge is -2.26. The lowest BCUT2D eigenvalue weighted by atomic mass is 9.85. The van der Waals surface area contributed by atoms with Crippen molar-refractivity contribution in [3.05, 3.63) is 41.6 Å². The van der Waals surface area contributed by atoms with Crippen molar-refractivity contribution in [1.29, 1.82) is 0 Å². The number of rotatable bonds is 4. The van der Waals surface area contributed by atoms with E-state index in [4.69, 9.17) is 14.7 Å². The van der Waals surface area contributed by atoms with E-state index in [9.17, 15) is 14.0 Å². The maximum Gasteiger partial charge on any atom is 0.251 e. The molecule has 0 unspecified atom stereocenters. The van der Waals surface area contributed by atoms with Gasteiger partial charge in [-0.2, -0.15) is 0 Å². The average molecular weight is 604 g/mol. The number of imidazole rings is 1. The second-order valence-electron chi connectivity index (χ2n) is 12.9. The van der Waals surface area contributed by atoms with Gasteiger partial charge in [-0.3, -0.25) is 9.59 Å². The van der Waals surface area contributed by atoms with Crippen LogP contribution in [-0.4, -0.2) is 63.3 Å². The number of alkyl halides is 1. The Kier molecular flexibility index (Phi) is 8.08. The summed E-state index contributed by atoms with van der Waals surface area (Å²) in [6, 6.07) is 8.74. The first-order chi connectivity index (χ1) is 21.1. The maximum atomic E-state index is 14.2. The summed E-state index contributed by atoms with van der Waals surface area (Å²) in [5, 5.41) is 9.94. The molecule has 1 saturated heterocycles. The minimum atomic E-state index is -1.13. The van der Waals surface area contributed by atoms with Gasteiger partial charge in [-0.15, -0.1) is 0 Å². The van der Waals surface area contributed by atoms with Crippen molar-refractivity contribution in [3.63, 3.8) is 0 Å².